The first-order valence-electron chi connectivity index (χ1n) is 6.17. The normalized spacial score (nSPS) is 12.1. The third kappa shape index (κ3) is 3.69. The maximum absolute atomic E-state index is 11.6. The van der Waals surface area contributed by atoms with Gasteiger partial charge in [0.05, 0.1) is 12.8 Å². The van der Waals surface area contributed by atoms with Gasteiger partial charge < -0.3 is 14.4 Å². The highest BCUT2D eigenvalue weighted by atomic mass is 16.4. The minimum atomic E-state index is -0.803. The number of aliphatic hydroxyl groups is 1. The highest BCUT2D eigenvalue weighted by Crippen LogP contribution is 2.16. The Morgan fingerprint density at radius 2 is 2.00 bits per heavy atom. The molecule has 0 aliphatic heterocycles. The third-order valence-electron chi connectivity index (χ3n) is 2.93. The maximum Gasteiger partial charge on any atom is 0.219 e. The molecule has 1 atom stereocenters. The van der Waals surface area contributed by atoms with Gasteiger partial charge in [-0.05, 0) is 17.7 Å². The van der Waals surface area contributed by atoms with E-state index in [1.165, 1.54) is 13.2 Å². The van der Waals surface area contributed by atoms with E-state index in [0.29, 0.717) is 12.3 Å². The number of aliphatic hydroxyl groups excluding tert-OH is 1. The summed E-state index contributed by atoms with van der Waals surface area (Å²) in [6, 6.07) is 13.1. The van der Waals surface area contributed by atoms with E-state index < -0.39 is 6.10 Å². The van der Waals surface area contributed by atoms with Crippen molar-refractivity contribution in [2.75, 3.05) is 6.54 Å². The van der Waals surface area contributed by atoms with E-state index in [2.05, 4.69) is 0 Å². The molecule has 0 saturated heterocycles. The Balaban J connectivity index is 2.03. The number of benzene rings is 1. The first kappa shape index (κ1) is 13.4. The van der Waals surface area contributed by atoms with Crippen LogP contribution in [0.15, 0.2) is 53.1 Å². The van der Waals surface area contributed by atoms with Crippen molar-refractivity contribution in [1.29, 1.82) is 0 Å². The minimum Gasteiger partial charge on any atom is -0.467 e. The van der Waals surface area contributed by atoms with Crippen LogP contribution in [0.2, 0.25) is 0 Å². The van der Waals surface area contributed by atoms with Crippen molar-refractivity contribution in [2.24, 2.45) is 0 Å². The third-order valence-corrected chi connectivity index (χ3v) is 2.93. The molecule has 1 amide bonds. The van der Waals surface area contributed by atoms with Crippen molar-refractivity contribution in [1.82, 2.24) is 4.90 Å². The van der Waals surface area contributed by atoms with Crippen LogP contribution in [0, 0.1) is 0 Å². The van der Waals surface area contributed by atoms with Crippen LogP contribution in [0.25, 0.3) is 0 Å². The molecule has 0 aliphatic rings. The summed E-state index contributed by atoms with van der Waals surface area (Å²) < 4.78 is 5.14. The molecule has 0 bridgehead atoms. The topological polar surface area (TPSA) is 53.7 Å². The van der Waals surface area contributed by atoms with Crippen LogP contribution < -0.4 is 0 Å². The van der Waals surface area contributed by atoms with E-state index in [0.717, 1.165) is 5.56 Å². The second-order valence-electron chi connectivity index (χ2n) is 4.42. The summed E-state index contributed by atoms with van der Waals surface area (Å²) in [4.78, 5) is 13.2. The van der Waals surface area contributed by atoms with E-state index in [4.69, 9.17) is 4.42 Å². The quantitative estimate of drug-likeness (QED) is 0.896. The van der Waals surface area contributed by atoms with Gasteiger partial charge in [0.25, 0.3) is 0 Å². The fraction of sp³-hybridized carbons (Fsp3) is 0.267. The molecule has 2 aromatic rings. The molecule has 0 fully saturated rings. The lowest BCUT2D eigenvalue weighted by molar-refractivity contribution is -0.131. The van der Waals surface area contributed by atoms with E-state index in [9.17, 15) is 9.90 Å². The average Bonchev–Trinajstić information content (AvgIpc) is 2.93. The summed E-state index contributed by atoms with van der Waals surface area (Å²) >= 11 is 0. The molecule has 0 saturated carbocycles. The molecule has 4 heteroatoms. The first-order chi connectivity index (χ1) is 9.16. The Morgan fingerprint density at radius 3 is 2.58 bits per heavy atom. The predicted octanol–water partition coefficient (Wildman–Crippen LogP) is 2.36. The molecule has 0 spiro atoms. The summed E-state index contributed by atoms with van der Waals surface area (Å²) in [5.74, 6) is 0.397. The van der Waals surface area contributed by atoms with Crippen LogP contribution >= 0.6 is 0 Å². The number of hydrogen-bond donors (Lipinski definition) is 1. The molecule has 1 unspecified atom stereocenters. The fourth-order valence-electron chi connectivity index (χ4n) is 1.89. The lowest BCUT2D eigenvalue weighted by Crippen LogP contribution is -2.32. The number of amides is 1. The van der Waals surface area contributed by atoms with Crippen molar-refractivity contribution in [3.05, 3.63) is 60.1 Å². The molecule has 1 aromatic heterocycles. The molecular weight excluding hydrogens is 242 g/mol. The molecular formula is C15H17NO3. The Kier molecular flexibility index (Phi) is 4.36. The van der Waals surface area contributed by atoms with Crippen LogP contribution in [0.3, 0.4) is 0 Å². The molecule has 1 N–H and O–H groups in total. The summed E-state index contributed by atoms with van der Waals surface area (Å²) in [5.41, 5.74) is 1.03. The highest BCUT2D eigenvalue weighted by molar-refractivity contribution is 5.73. The fourth-order valence-corrected chi connectivity index (χ4v) is 1.89. The smallest absolute Gasteiger partial charge is 0.219 e. The van der Waals surface area contributed by atoms with Crippen molar-refractivity contribution in [3.8, 4) is 0 Å². The number of nitrogens with zero attached hydrogens (tertiary/aromatic N) is 1. The molecule has 1 aromatic carbocycles. The largest absolute Gasteiger partial charge is 0.467 e. The Morgan fingerprint density at radius 1 is 1.26 bits per heavy atom. The van der Waals surface area contributed by atoms with E-state index in [1.54, 1.807) is 17.0 Å². The second kappa shape index (κ2) is 6.20. The van der Waals surface area contributed by atoms with Gasteiger partial charge >= 0.3 is 0 Å². The van der Waals surface area contributed by atoms with Gasteiger partial charge in [0.2, 0.25) is 5.91 Å². The number of carbonyl (C=O) groups is 1. The molecule has 1 heterocycles. The van der Waals surface area contributed by atoms with Crippen molar-refractivity contribution in [2.45, 2.75) is 19.6 Å². The van der Waals surface area contributed by atoms with Gasteiger partial charge in [-0.3, -0.25) is 4.79 Å². The van der Waals surface area contributed by atoms with Crippen LogP contribution in [0.5, 0.6) is 0 Å². The lowest BCUT2D eigenvalue weighted by Gasteiger charge is -2.23. The maximum atomic E-state index is 11.6. The summed E-state index contributed by atoms with van der Waals surface area (Å²) in [7, 11) is 0. The zero-order valence-corrected chi connectivity index (χ0v) is 10.8. The first-order valence-corrected chi connectivity index (χ1v) is 6.17. The number of hydrogen-bond acceptors (Lipinski definition) is 3. The molecule has 4 nitrogen and oxygen atoms in total. The van der Waals surface area contributed by atoms with Gasteiger partial charge in [-0.1, -0.05) is 30.3 Å². The molecule has 19 heavy (non-hydrogen) atoms. The molecule has 2 rings (SSSR count). The Hall–Kier alpha value is -2.07. The van der Waals surface area contributed by atoms with E-state index >= 15 is 0 Å². The van der Waals surface area contributed by atoms with Gasteiger partial charge in [0.15, 0.2) is 0 Å². The van der Waals surface area contributed by atoms with Crippen LogP contribution in [0.4, 0.5) is 0 Å². The summed E-state index contributed by atoms with van der Waals surface area (Å²) in [6.07, 6.45) is 0.705. The van der Waals surface area contributed by atoms with Crippen molar-refractivity contribution >= 4 is 5.91 Å². The van der Waals surface area contributed by atoms with Crippen LogP contribution in [0.1, 0.15) is 24.4 Å². The van der Waals surface area contributed by atoms with Crippen LogP contribution in [-0.2, 0) is 11.3 Å². The zero-order chi connectivity index (χ0) is 13.7. The predicted molar refractivity (Wildman–Crippen MR) is 71.2 cm³/mol. The number of rotatable bonds is 5. The lowest BCUT2D eigenvalue weighted by atomic mass is 10.2. The van der Waals surface area contributed by atoms with Gasteiger partial charge in [-0.15, -0.1) is 0 Å². The summed E-state index contributed by atoms with van der Waals surface area (Å²) in [5, 5.41) is 10.0. The van der Waals surface area contributed by atoms with Crippen LogP contribution in [-0.4, -0.2) is 22.5 Å². The monoisotopic (exact) mass is 259 g/mol. The van der Waals surface area contributed by atoms with E-state index in [1.807, 2.05) is 30.3 Å². The Labute approximate surface area is 112 Å². The molecule has 0 aliphatic carbocycles. The standard InChI is InChI=1S/C15H17NO3/c1-12(17)16(10-13-6-3-2-4-7-13)11-14(18)15-8-5-9-19-15/h2-9,14,18H,10-11H2,1H3. The van der Waals surface area contributed by atoms with E-state index in [-0.39, 0.29) is 12.5 Å². The zero-order valence-electron chi connectivity index (χ0n) is 10.8. The second-order valence-corrected chi connectivity index (χ2v) is 4.42. The van der Waals surface area contributed by atoms with Gasteiger partial charge in [0.1, 0.15) is 11.9 Å². The van der Waals surface area contributed by atoms with Gasteiger partial charge in [0, 0.05) is 13.5 Å². The van der Waals surface area contributed by atoms with Crippen molar-refractivity contribution in [3.63, 3.8) is 0 Å². The van der Waals surface area contributed by atoms with Gasteiger partial charge in [-0.2, -0.15) is 0 Å². The minimum absolute atomic E-state index is 0.0746. The highest BCUT2D eigenvalue weighted by Gasteiger charge is 2.17. The van der Waals surface area contributed by atoms with Crippen molar-refractivity contribution < 1.29 is 14.3 Å². The number of carbonyl (C=O) groups excluding carboxylic acids is 1. The SMILES string of the molecule is CC(=O)N(Cc1ccccc1)CC(O)c1ccco1. The van der Waals surface area contributed by atoms with Gasteiger partial charge in [-0.25, -0.2) is 0 Å². The Bertz CT molecular complexity index is 507. The summed E-state index contributed by atoms with van der Waals surface area (Å²) in [6.45, 7) is 2.20. The number of furan rings is 1. The average molecular weight is 259 g/mol. The molecule has 100 valence electrons. The molecule has 0 radical (unpaired) electrons.